The zero-order valence-electron chi connectivity index (χ0n) is 15.7. The number of carbonyl (C=O) groups excluding carboxylic acids is 1. The van der Waals surface area contributed by atoms with E-state index < -0.39 is 0 Å². The molecule has 1 amide bonds. The van der Waals surface area contributed by atoms with Crippen LogP contribution >= 0.6 is 0 Å². The largest absolute Gasteiger partial charge is 0.491 e. The van der Waals surface area contributed by atoms with Gasteiger partial charge in [0.2, 0.25) is 5.91 Å². The van der Waals surface area contributed by atoms with Crippen molar-refractivity contribution in [3.63, 3.8) is 0 Å². The molecule has 26 heavy (non-hydrogen) atoms. The molecule has 3 heterocycles. The summed E-state index contributed by atoms with van der Waals surface area (Å²) < 4.78 is 11.6. The number of nitrogens with one attached hydrogen (secondary N) is 1. The Balaban J connectivity index is 1.53. The van der Waals surface area contributed by atoms with Crippen LogP contribution < -0.4 is 10.1 Å². The smallest absolute Gasteiger partial charge is 0.224 e. The third kappa shape index (κ3) is 4.04. The number of anilines is 1. The van der Waals surface area contributed by atoms with Gasteiger partial charge in [0.05, 0.1) is 12.3 Å². The van der Waals surface area contributed by atoms with Crippen molar-refractivity contribution in [3.05, 3.63) is 23.8 Å². The molecule has 1 aromatic carbocycles. The zero-order chi connectivity index (χ0) is 17.9. The standard InChI is InChI=1S/C21H30N2O3/c1-23-8-4-17-13-21(24)22-19-12-16(15-5-9-25-10-6-15)2-3-20(19)26-11-7-18(17)14-23/h2-3,12,15,17-18H,4-11,13-14H2,1H3,(H,22,24)/t17-,18-/m0/s1. The number of hydrogen-bond acceptors (Lipinski definition) is 4. The van der Waals surface area contributed by atoms with Crippen LogP contribution in [0.4, 0.5) is 5.69 Å². The second-order valence-electron chi connectivity index (χ2n) is 8.10. The third-order valence-electron chi connectivity index (χ3n) is 6.26. The van der Waals surface area contributed by atoms with Gasteiger partial charge in [-0.25, -0.2) is 0 Å². The van der Waals surface area contributed by atoms with E-state index in [1.807, 2.05) is 6.07 Å². The minimum Gasteiger partial charge on any atom is -0.491 e. The fraction of sp³-hybridized carbons (Fsp3) is 0.667. The quantitative estimate of drug-likeness (QED) is 0.837. The van der Waals surface area contributed by atoms with Crippen LogP contribution in [0.2, 0.25) is 0 Å². The summed E-state index contributed by atoms with van der Waals surface area (Å²) in [4.78, 5) is 15.1. The van der Waals surface area contributed by atoms with Crippen molar-refractivity contribution in [3.8, 4) is 5.75 Å². The Morgan fingerprint density at radius 2 is 1.92 bits per heavy atom. The molecule has 2 atom stereocenters. The van der Waals surface area contributed by atoms with Crippen LogP contribution in [0.5, 0.6) is 5.75 Å². The fourth-order valence-electron chi connectivity index (χ4n) is 4.67. The Bertz CT molecular complexity index is 642. The first-order valence-corrected chi connectivity index (χ1v) is 10.0. The number of hydrogen-bond donors (Lipinski definition) is 1. The lowest BCUT2D eigenvalue weighted by Crippen LogP contribution is -2.40. The molecule has 142 valence electrons. The molecule has 5 nitrogen and oxygen atoms in total. The normalized spacial score (nSPS) is 28.4. The van der Waals surface area contributed by atoms with Gasteiger partial charge >= 0.3 is 0 Å². The number of likely N-dealkylation sites (tertiary alicyclic amines) is 1. The maximum Gasteiger partial charge on any atom is 0.224 e. The summed E-state index contributed by atoms with van der Waals surface area (Å²) in [6.45, 7) is 4.51. The summed E-state index contributed by atoms with van der Waals surface area (Å²) in [5.41, 5.74) is 2.12. The first kappa shape index (κ1) is 17.8. The molecule has 1 aromatic rings. The predicted molar refractivity (Wildman–Crippen MR) is 102 cm³/mol. The highest BCUT2D eigenvalue weighted by atomic mass is 16.5. The van der Waals surface area contributed by atoms with E-state index in [-0.39, 0.29) is 5.91 Å². The van der Waals surface area contributed by atoms with E-state index >= 15 is 0 Å². The van der Waals surface area contributed by atoms with E-state index in [0.29, 0.717) is 30.8 Å². The van der Waals surface area contributed by atoms with Gasteiger partial charge in [0.25, 0.3) is 0 Å². The highest BCUT2D eigenvalue weighted by Crippen LogP contribution is 2.36. The van der Waals surface area contributed by atoms with Gasteiger partial charge in [-0.15, -0.1) is 0 Å². The topological polar surface area (TPSA) is 50.8 Å². The van der Waals surface area contributed by atoms with Crippen LogP contribution in [-0.2, 0) is 9.53 Å². The fourth-order valence-corrected chi connectivity index (χ4v) is 4.67. The van der Waals surface area contributed by atoms with Gasteiger partial charge in [-0.1, -0.05) is 6.07 Å². The average Bonchev–Trinajstić information content (AvgIpc) is 2.65. The molecular formula is C21H30N2O3. The van der Waals surface area contributed by atoms with Gasteiger partial charge < -0.3 is 19.7 Å². The Morgan fingerprint density at radius 1 is 1.08 bits per heavy atom. The first-order chi connectivity index (χ1) is 12.7. The lowest BCUT2D eigenvalue weighted by molar-refractivity contribution is -0.118. The minimum atomic E-state index is 0.125. The Labute approximate surface area is 156 Å². The number of nitrogens with zero attached hydrogens (tertiary/aromatic N) is 1. The molecular weight excluding hydrogens is 328 g/mol. The summed E-state index contributed by atoms with van der Waals surface area (Å²) in [6, 6.07) is 6.31. The maximum absolute atomic E-state index is 12.7. The zero-order valence-corrected chi connectivity index (χ0v) is 15.7. The van der Waals surface area contributed by atoms with Crippen LogP contribution in [0.25, 0.3) is 0 Å². The second kappa shape index (κ2) is 7.97. The first-order valence-electron chi connectivity index (χ1n) is 10.0. The molecule has 5 heteroatoms. The van der Waals surface area contributed by atoms with E-state index in [2.05, 4.69) is 29.4 Å². The Hall–Kier alpha value is -1.59. The molecule has 0 unspecified atom stereocenters. The van der Waals surface area contributed by atoms with E-state index in [0.717, 1.165) is 63.4 Å². The molecule has 2 saturated heterocycles. The van der Waals surface area contributed by atoms with E-state index in [1.54, 1.807) is 0 Å². The lowest BCUT2D eigenvalue weighted by Gasteiger charge is -2.37. The van der Waals surface area contributed by atoms with Crippen LogP contribution in [0.15, 0.2) is 18.2 Å². The van der Waals surface area contributed by atoms with Gasteiger partial charge in [0.15, 0.2) is 0 Å². The molecule has 0 saturated carbocycles. The number of rotatable bonds is 1. The molecule has 1 N–H and O–H groups in total. The van der Waals surface area contributed by atoms with Crippen LogP contribution in [-0.4, -0.2) is 50.8 Å². The number of ether oxygens (including phenoxy) is 2. The molecule has 0 radical (unpaired) electrons. The van der Waals surface area contributed by atoms with Crippen molar-refractivity contribution in [2.45, 2.75) is 38.0 Å². The Kier molecular flexibility index (Phi) is 5.46. The average molecular weight is 358 g/mol. The number of piperidine rings is 1. The van der Waals surface area contributed by atoms with Crippen molar-refractivity contribution < 1.29 is 14.3 Å². The van der Waals surface area contributed by atoms with Crippen molar-refractivity contribution in [2.24, 2.45) is 11.8 Å². The maximum atomic E-state index is 12.7. The SMILES string of the molecule is CN1CC[C@H]2CC(=O)Nc3cc(C4CCOCC4)ccc3OCC[C@H]2C1. The number of fused-ring (bicyclic) bond motifs is 2. The van der Waals surface area contributed by atoms with E-state index in [1.165, 1.54) is 5.56 Å². The number of carbonyl (C=O) groups is 1. The van der Waals surface area contributed by atoms with E-state index in [4.69, 9.17) is 9.47 Å². The summed E-state index contributed by atoms with van der Waals surface area (Å²) in [5.74, 6) is 2.45. The molecule has 0 aromatic heterocycles. The monoisotopic (exact) mass is 358 g/mol. The van der Waals surface area contributed by atoms with Crippen LogP contribution in [0, 0.1) is 11.8 Å². The van der Waals surface area contributed by atoms with Crippen molar-refractivity contribution in [2.75, 3.05) is 45.3 Å². The number of amides is 1. The van der Waals surface area contributed by atoms with Gasteiger partial charge in [0, 0.05) is 26.2 Å². The van der Waals surface area contributed by atoms with Crippen LogP contribution in [0.1, 0.15) is 43.6 Å². The summed E-state index contributed by atoms with van der Waals surface area (Å²) in [6.07, 6.45) is 4.84. The summed E-state index contributed by atoms with van der Waals surface area (Å²) >= 11 is 0. The lowest BCUT2D eigenvalue weighted by atomic mass is 9.81. The van der Waals surface area contributed by atoms with Gasteiger partial charge in [-0.3, -0.25) is 4.79 Å². The highest BCUT2D eigenvalue weighted by Gasteiger charge is 2.30. The van der Waals surface area contributed by atoms with Crippen molar-refractivity contribution >= 4 is 11.6 Å². The van der Waals surface area contributed by atoms with Crippen LogP contribution in [0.3, 0.4) is 0 Å². The van der Waals surface area contributed by atoms with E-state index in [9.17, 15) is 4.79 Å². The predicted octanol–water partition coefficient (Wildman–Crippen LogP) is 3.26. The van der Waals surface area contributed by atoms with Gasteiger partial charge in [0.1, 0.15) is 5.75 Å². The second-order valence-corrected chi connectivity index (χ2v) is 8.10. The molecule has 0 bridgehead atoms. The third-order valence-corrected chi connectivity index (χ3v) is 6.26. The molecule has 0 spiro atoms. The molecule has 2 fully saturated rings. The Morgan fingerprint density at radius 3 is 2.77 bits per heavy atom. The number of benzene rings is 1. The van der Waals surface area contributed by atoms with Crippen molar-refractivity contribution in [1.29, 1.82) is 0 Å². The molecule has 4 rings (SSSR count). The van der Waals surface area contributed by atoms with Gasteiger partial charge in [-0.2, -0.15) is 0 Å². The molecule has 3 aliphatic heterocycles. The molecule has 0 aliphatic carbocycles. The molecule has 3 aliphatic rings. The minimum absolute atomic E-state index is 0.125. The van der Waals surface area contributed by atoms with Crippen molar-refractivity contribution in [1.82, 2.24) is 4.90 Å². The summed E-state index contributed by atoms with van der Waals surface area (Å²) in [5, 5.41) is 3.15. The highest BCUT2D eigenvalue weighted by molar-refractivity contribution is 5.92. The van der Waals surface area contributed by atoms with Gasteiger partial charge in [-0.05, 0) is 74.7 Å². The summed E-state index contributed by atoms with van der Waals surface area (Å²) in [7, 11) is 2.17.